The van der Waals surface area contributed by atoms with Gasteiger partial charge in [0.1, 0.15) is 0 Å². The van der Waals surface area contributed by atoms with Crippen molar-refractivity contribution in [3.8, 4) is 0 Å². The molecule has 0 N–H and O–H groups in total. The lowest BCUT2D eigenvalue weighted by molar-refractivity contribution is 0.0601. The molecule has 116 valence electrons. The number of hydrogen-bond donors (Lipinski definition) is 0. The fraction of sp³-hybridized carbons (Fsp3) is 0.235. The standard InChI is InChI=1S/C17H16N4O2/c1-23-17(22)13-3-2-12-4-6-20(15(12)8-13)11-14-9-19-16-10-18-5-7-21(14)16/h2-3,5,7-10H,4,6,11H2,1H3. The zero-order valence-corrected chi connectivity index (χ0v) is 12.8. The van der Waals surface area contributed by atoms with Crippen LogP contribution in [0.2, 0.25) is 0 Å². The second-order valence-electron chi connectivity index (χ2n) is 5.56. The molecule has 3 aromatic rings. The molecule has 0 spiro atoms. The minimum atomic E-state index is -0.305. The van der Waals surface area contributed by atoms with Crippen LogP contribution >= 0.6 is 0 Å². The third-order valence-corrected chi connectivity index (χ3v) is 4.24. The van der Waals surface area contributed by atoms with Crippen molar-refractivity contribution in [2.24, 2.45) is 0 Å². The number of methoxy groups -OCH3 is 1. The maximum Gasteiger partial charge on any atom is 0.337 e. The van der Waals surface area contributed by atoms with E-state index < -0.39 is 0 Å². The predicted molar refractivity (Wildman–Crippen MR) is 85.5 cm³/mol. The molecule has 0 aliphatic carbocycles. The van der Waals surface area contributed by atoms with Crippen molar-refractivity contribution in [2.45, 2.75) is 13.0 Å². The van der Waals surface area contributed by atoms with Crippen LogP contribution in [0.4, 0.5) is 5.69 Å². The maximum atomic E-state index is 11.7. The summed E-state index contributed by atoms with van der Waals surface area (Å²) in [7, 11) is 1.40. The van der Waals surface area contributed by atoms with Crippen molar-refractivity contribution in [2.75, 3.05) is 18.6 Å². The van der Waals surface area contributed by atoms with E-state index in [0.29, 0.717) is 5.56 Å². The number of aromatic nitrogens is 3. The summed E-state index contributed by atoms with van der Waals surface area (Å²) < 4.78 is 6.85. The molecule has 0 saturated carbocycles. The van der Waals surface area contributed by atoms with Gasteiger partial charge in [0.15, 0.2) is 5.65 Å². The van der Waals surface area contributed by atoms with Crippen molar-refractivity contribution >= 4 is 17.3 Å². The maximum absolute atomic E-state index is 11.7. The number of ether oxygens (including phenoxy) is 1. The summed E-state index contributed by atoms with van der Waals surface area (Å²) in [6.07, 6.45) is 8.27. The molecule has 6 heteroatoms. The minimum absolute atomic E-state index is 0.305. The van der Waals surface area contributed by atoms with Crippen molar-refractivity contribution in [3.63, 3.8) is 0 Å². The molecule has 4 rings (SSSR count). The Morgan fingerprint density at radius 3 is 3.13 bits per heavy atom. The largest absolute Gasteiger partial charge is 0.465 e. The molecular formula is C17H16N4O2. The van der Waals surface area contributed by atoms with Crippen molar-refractivity contribution in [1.82, 2.24) is 14.4 Å². The van der Waals surface area contributed by atoms with Crippen molar-refractivity contribution < 1.29 is 9.53 Å². The predicted octanol–water partition coefficient (Wildman–Crippen LogP) is 2.08. The van der Waals surface area contributed by atoms with Crippen molar-refractivity contribution in [1.29, 1.82) is 0 Å². The van der Waals surface area contributed by atoms with Crippen molar-refractivity contribution in [3.05, 3.63) is 59.8 Å². The lowest BCUT2D eigenvalue weighted by Gasteiger charge is -2.19. The van der Waals surface area contributed by atoms with E-state index in [-0.39, 0.29) is 5.97 Å². The first-order chi connectivity index (χ1) is 11.3. The Morgan fingerprint density at radius 1 is 1.35 bits per heavy atom. The molecule has 3 heterocycles. The van der Waals surface area contributed by atoms with Gasteiger partial charge in [-0.25, -0.2) is 9.78 Å². The van der Waals surface area contributed by atoms with E-state index in [2.05, 4.69) is 14.9 Å². The number of imidazole rings is 1. The zero-order valence-electron chi connectivity index (χ0n) is 12.8. The first-order valence-corrected chi connectivity index (χ1v) is 7.48. The Balaban J connectivity index is 1.67. The van der Waals surface area contributed by atoms with Gasteiger partial charge in [-0.05, 0) is 24.1 Å². The monoisotopic (exact) mass is 308 g/mol. The topological polar surface area (TPSA) is 59.7 Å². The highest BCUT2D eigenvalue weighted by molar-refractivity contribution is 5.91. The molecule has 1 aromatic carbocycles. The highest BCUT2D eigenvalue weighted by Crippen LogP contribution is 2.30. The number of nitrogens with zero attached hydrogens (tertiary/aromatic N) is 4. The third-order valence-electron chi connectivity index (χ3n) is 4.24. The van der Waals surface area contributed by atoms with Crippen LogP contribution in [0.25, 0.3) is 5.65 Å². The molecule has 0 amide bonds. The molecular weight excluding hydrogens is 292 g/mol. The molecule has 6 nitrogen and oxygen atoms in total. The number of anilines is 1. The minimum Gasteiger partial charge on any atom is -0.465 e. The quantitative estimate of drug-likeness (QED) is 0.693. The normalized spacial score (nSPS) is 13.3. The number of fused-ring (bicyclic) bond motifs is 2. The van der Waals surface area contributed by atoms with Gasteiger partial charge in [0.25, 0.3) is 0 Å². The second-order valence-corrected chi connectivity index (χ2v) is 5.56. The van der Waals surface area contributed by atoms with Gasteiger partial charge in [-0.2, -0.15) is 0 Å². The molecule has 0 unspecified atom stereocenters. The van der Waals surface area contributed by atoms with E-state index in [1.54, 1.807) is 12.4 Å². The Kier molecular flexibility index (Phi) is 3.22. The van der Waals surface area contributed by atoms with Crippen LogP contribution in [0, 0.1) is 0 Å². The molecule has 0 radical (unpaired) electrons. The summed E-state index contributed by atoms with van der Waals surface area (Å²) >= 11 is 0. The molecule has 0 bridgehead atoms. The number of hydrogen-bond acceptors (Lipinski definition) is 5. The Morgan fingerprint density at radius 2 is 2.26 bits per heavy atom. The number of esters is 1. The summed E-state index contributed by atoms with van der Waals surface area (Å²) in [5.74, 6) is -0.305. The van der Waals surface area contributed by atoms with Crippen LogP contribution in [0.5, 0.6) is 0 Å². The fourth-order valence-electron chi connectivity index (χ4n) is 3.06. The van der Waals surface area contributed by atoms with Crippen LogP contribution in [0.1, 0.15) is 21.6 Å². The molecule has 0 fully saturated rings. The van der Waals surface area contributed by atoms with Gasteiger partial charge in [-0.15, -0.1) is 0 Å². The summed E-state index contributed by atoms with van der Waals surface area (Å²) in [6.45, 7) is 1.67. The fourth-order valence-corrected chi connectivity index (χ4v) is 3.06. The summed E-state index contributed by atoms with van der Waals surface area (Å²) in [6, 6.07) is 5.76. The average Bonchev–Trinajstić information content (AvgIpc) is 3.19. The lowest BCUT2D eigenvalue weighted by atomic mass is 10.1. The Hall–Kier alpha value is -2.89. The molecule has 0 atom stereocenters. The molecule has 0 saturated heterocycles. The second kappa shape index (κ2) is 5.39. The van der Waals surface area contributed by atoms with Gasteiger partial charge in [-0.3, -0.25) is 9.38 Å². The van der Waals surface area contributed by atoms with Gasteiger partial charge < -0.3 is 9.64 Å². The van der Waals surface area contributed by atoms with Crippen LogP contribution in [0.3, 0.4) is 0 Å². The Bertz CT molecular complexity index is 887. The smallest absolute Gasteiger partial charge is 0.337 e. The van der Waals surface area contributed by atoms with Crippen LogP contribution in [-0.2, 0) is 17.7 Å². The first kappa shape index (κ1) is 13.8. The van der Waals surface area contributed by atoms with Gasteiger partial charge in [0.05, 0.1) is 37.3 Å². The van der Waals surface area contributed by atoms with E-state index in [4.69, 9.17) is 4.74 Å². The SMILES string of the molecule is COC(=O)c1ccc2c(c1)N(Cc1cnc3cnccn13)CC2. The zero-order chi connectivity index (χ0) is 15.8. The van der Waals surface area contributed by atoms with Gasteiger partial charge in [0, 0.05) is 24.6 Å². The summed E-state index contributed by atoms with van der Waals surface area (Å²) in [5, 5.41) is 0. The van der Waals surface area contributed by atoms with Gasteiger partial charge in [-0.1, -0.05) is 6.07 Å². The lowest BCUT2D eigenvalue weighted by Crippen LogP contribution is -2.21. The van der Waals surface area contributed by atoms with E-state index >= 15 is 0 Å². The molecule has 2 aromatic heterocycles. The number of benzene rings is 1. The number of rotatable bonds is 3. The molecule has 23 heavy (non-hydrogen) atoms. The highest BCUT2D eigenvalue weighted by Gasteiger charge is 2.22. The summed E-state index contributed by atoms with van der Waals surface area (Å²) in [4.78, 5) is 22.5. The first-order valence-electron chi connectivity index (χ1n) is 7.48. The molecule has 1 aliphatic heterocycles. The Labute approximate surface area is 133 Å². The number of carbonyl (C=O) groups excluding carboxylic acids is 1. The van der Waals surface area contributed by atoms with Crippen LogP contribution < -0.4 is 4.90 Å². The van der Waals surface area contributed by atoms with E-state index in [1.165, 1.54) is 12.7 Å². The average molecular weight is 308 g/mol. The van der Waals surface area contributed by atoms with Gasteiger partial charge in [0.2, 0.25) is 0 Å². The molecule has 1 aliphatic rings. The van der Waals surface area contributed by atoms with E-state index in [0.717, 1.165) is 36.5 Å². The number of carbonyl (C=O) groups is 1. The van der Waals surface area contributed by atoms with Crippen LogP contribution in [0.15, 0.2) is 43.0 Å². The summed E-state index contributed by atoms with van der Waals surface area (Å²) in [5.41, 5.74) is 4.87. The van der Waals surface area contributed by atoms with Gasteiger partial charge >= 0.3 is 5.97 Å². The van der Waals surface area contributed by atoms with E-state index in [9.17, 15) is 4.79 Å². The third kappa shape index (κ3) is 2.32. The van der Waals surface area contributed by atoms with E-state index in [1.807, 2.05) is 35.0 Å². The highest BCUT2D eigenvalue weighted by atomic mass is 16.5. The van der Waals surface area contributed by atoms with Crippen LogP contribution in [-0.4, -0.2) is 34.0 Å².